The fraction of sp³-hybridized carbons (Fsp3) is 0.692. The van der Waals surface area contributed by atoms with Crippen molar-refractivity contribution in [3.8, 4) is 0 Å². The molecule has 0 radical (unpaired) electrons. The van der Waals surface area contributed by atoms with Gasteiger partial charge in [-0.1, -0.05) is 13.5 Å². The van der Waals surface area contributed by atoms with Gasteiger partial charge in [0, 0.05) is 24.4 Å². The zero-order valence-corrected chi connectivity index (χ0v) is 11.2. The van der Waals surface area contributed by atoms with Gasteiger partial charge >= 0.3 is 0 Å². The lowest BCUT2D eigenvalue weighted by Gasteiger charge is -2.23. The molecule has 4 heteroatoms. The predicted octanol–water partition coefficient (Wildman–Crippen LogP) is 1.33. The van der Waals surface area contributed by atoms with Crippen molar-refractivity contribution in [1.82, 2.24) is 10.2 Å². The Bertz CT molecular complexity index is 342. The Morgan fingerprint density at radius 3 is 2.47 bits per heavy atom. The standard InChI is InChI=1S/C13H22N2O2/c1-9(7-14-13(3,4)5)8-15-11(16)6-10(2)12(15)17/h10,14H,1,6-8H2,2-5H3. The van der Waals surface area contributed by atoms with E-state index in [1.54, 1.807) is 6.92 Å². The Balaban J connectivity index is 2.47. The number of carbonyl (C=O) groups excluding carboxylic acids is 2. The molecule has 0 spiro atoms. The van der Waals surface area contributed by atoms with Crippen LogP contribution in [0.5, 0.6) is 0 Å². The highest BCUT2D eigenvalue weighted by Gasteiger charge is 2.35. The smallest absolute Gasteiger partial charge is 0.232 e. The molecule has 1 atom stereocenters. The maximum atomic E-state index is 11.7. The largest absolute Gasteiger partial charge is 0.308 e. The number of amides is 2. The number of likely N-dealkylation sites (tertiary alicyclic amines) is 1. The van der Waals surface area contributed by atoms with Crippen LogP contribution >= 0.6 is 0 Å². The molecule has 1 fully saturated rings. The van der Waals surface area contributed by atoms with Crippen molar-refractivity contribution in [3.63, 3.8) is 0 Å². The first-order valence-corrected chi connectivity index (χ1v) is 5.96. The van der Waals surface area contributed by atoms with Crippen molar-refractivity contribution < 1.29 is 9.59 Å². The van der Waals surface area contributed by atoms with Crippen LogP contribution in [-0.2, 0) is 9.59 Å². The minimum Gasteiger partial charge on any atom is -0.308 e. The monoisotopic (exact) mass is 238 g/mol. The van der Waals surface area contributed by atoms with E-state index in [9.17, 15) is 9.59 Å². The normalized spacial score (nSPS) is 21.2. The number of nitrogens with zero attached hydrogens (tertiary/aromatic N) is 1. The molecule has 1 aliphatic heterocycles. The van der Waals surface area contributed by atoms with Gasteiger partial charge in [-0.3, -0.25) is 14.5 Å². The van der Waals surface area contributed by atoms with E-state index in [1.165, 1.54) is 4.90 Å². The van der Waals surface area contributed by atoms with Crippen molar-refractivity contribution in [2.24, 2.45) is 5.92 Å². The molecule has 2 amide bonds. The van der Waals surface area contributed by atoms with Crippen molar-refractivity contribution in [2.75, 3.05) is 13.1 Å². The highest BCUT2D eigenvalue weighted by atomic mass is 16.2. The molecule has 0 aromatic rings. The summed E-state index contributed by atoms with van der Waals surface area (Å²) in [7, 11) is 0. The van der Waals surface area contributed by atoms with E-state index in [4.69, 9.17) is 0 Å². The second-order valence-corrected chi connectivity index (χ2v) is 5.78. The second-order valence-electron chi connectivity index (χ2n) is 5.78. The van der Waals surface area contributed by atoms with Crippen LogP contribution in [0.15, 0.2) is 12.2 Å². The molecular formula is C13H22N2O2. The number of nitrogens with one attached hydrogen (secondary N) is 1. The average Bonchev–Trinajstić information content (AvgIpc) is 2.41. The van der Waals surface area contributed by atoms with Crippen LogP contribution < -0.4 is 5.32 Å². The van der Waals surface area contributed by atoms with Gasteiger partial charge in [0.25, 0.3) is 0 Å². The lowest BCUT2D eigenvalue weighted by Crippen LogP contribution is -2.40. The molecule has 0 aliphatic carbocycles. The molecule has 0 saturated carbocycles. The lowest BCUT2D eigenvalue weighted by molar-refractivity contribution is -0.138. The zero-order valence-electron chi connectivity index (χ0n) is 11.2. The molecule has 1 aliphatic rings. The summed E-state index contributed by atoms with van der Waals surface area (Å²) in [6, 6.07) is 0. The summed E-state index contributed by atoms with van der Waals surface area (Å²) in [4.78, 5) is 24.6. The van der Waals surface area contributed by atoms with Gasteiger partial charge in [-0.05, 0) is 26.3 Å². The molecule has 0 aromatic carbocycles. The fourth-order valence-corrected chi connectivity index (χ4v) is 1.68. The molecule has 1 heterocycles. The highest BCUT2D eigenvalue weighted by Crippen LogP contribution is 2.19. The first-order chi connectivity index (χ1) is 7.70. The Morgan fingerprint density at radius 1 is 1.47 bits per heavy atom. The fourth-order valence-electron chi connectivity index (χ4n) is 1.68. The summed E-state index contributed by atoms with van der Waals surface area (Å²) in [5.41, 5.74) is 0.866. The van der Waals surface area contributed by atoms with Crippen LogP contribution in [0.4, 0.5) is 0 Å². The van der Waals surface area contributed by atoms with E-state index < -0.39 is 0 Å². The van der Waals surface area contributed by atoms with E-state index in [-0.39, 0.29) is 23.3 Å². The minimum absolute atomic E-state index is 0.00919. The SMILES string of the molecule is C=C(CNC(C)(C)C)CN1C(=O)CC(C)C1=O. The van der Waals surface area contributed by atoms with Gasteiger partial charge in [0.15, 0.2) is 0 Å². The number of imide groups is 1. The second kappa shape index (κ2) is 5.00. The molecule has 4 nitrogen and oxygen atoms in total. The number of hydrogen-bond donors (Lipinski definition) is 1. The Hall–Kier alpha value is -1.16. The Morgan fingerprint density at radius 2 is 2.06 bits per heavy atom. The van der Waals surface area contributed by atoms with Gasteiger partial charge in [-0.2, -0.15) is 0 Å². The molecule has 1 rings (SSSR count). The van der Waals surface area contributed by atoms with Gasteiger partial charge in [0.1, 0.15) is 0 Å². The van der Waals surface area contributed by atoms with Crippen molar-refractivity contribution in [3.05, 3.63) is 12.2 Å². The average molecular weight is 238 g/mol. The summed E-state index contributed by atoms with van der Waals surface area (Å²) in [6.45, 7) is 12.8. The third-order valence-electron chi connectivity index (χ3n) is 2.72. The van der Waals surface area contributed by atoms with Gasteiger partial charge in [0.05, 0.1) is 6.54 Å². The molecular weight excluding hydrogens is 216 g/mol. The Kier molecular flexibility index (Phi) is 4.09. The van der Waals surface area contributed by atoms with Crippen LogP contribution in [0.2, 0.25) is 0 Å². The van der Waals surface area contributed by atoms with Crippen molar-refractivity contribution in [1.29, 1.82) is 0 Å². The maximum Gasteiger partial charge on any atom is 0.232 e. The molecule has 1 saturated heterocycles. The lowest BCUT2D eigenvalue weighted by atomic mass is 10.1. The summed E-state index contributed by atoms with van der Waals surface area (Å²) in [6.07, 6.45) is 0.332. The zero-order chi connectivity index (χ0) is 13.2. The first-order valence-electron chi connectivity index (χ1n) is 5.96. The summed E-state index contributed by atoms with van der Waals surface area (Å²) >= 11 is 0. The summed E-state index contributed by atoms with van der Waals surface area (Å²) in [5.74, 6) is -0.336. The van der Waals surface area contributed by atoms with E-state index in [2.05, 4.69) is 32.7 Å². The van der Waals surface area contributed by atoms with Gasteiger partial charge in [-0.25, -0.2) is 0 Å². The number of hydrogen-bond acceptors (Lipinski definition) is 3. The maximum absolute atomic E-state index is 11.7. The molecule has 17 heavy (non-hydrogen) atoms. The van der Waals surface area contributed by atoms with Crippen LogP contribution in [-0.4, -0.2) is 35.3 Å². The highest BCUT2D eigenvalue weighted by molar-refractivity contribution is 6.03. The van der Waals surface area contributed by atoms with Crippen LogP contribution in [0.3, 0.4) is 0 Å². The third kappa shape index (κ3) is 3.97. The van der Waals surface area contributed by atoms with E-state index in [0.29, 0.717) is 19.5 Å². The predicted molar refractivity (Wildman–Crippen MR) is 67.4 cm³/mol. The van der Waals surface area contributed by atoms with Crippen LogP contribution in [0.25, 0.3) is 0 Å². The summed E-state index contributed by atoms with van der Waals surface area (Å²) in [5, 5.41) is 3.29. The summed E-state index contributed by atoms with van der Waals surface area (Å²) < 4.78 is 0. The molecule has 1 unspecified atom stereocenters. The van der Waals surface area contributed by atoms with Crippen molar-refractivity contribution in [2.45, 2.75) is 39.7 Å². The van der Waals surface area contributed by atoms with Gasteiger partial charge < -0.3 is 5.32 Å². The topological polar surface area (TPSA) is 49.4 Å². The van der Waals surface area contributed by atoms with E-state index in [0.717, 1.165) is 5.57 Å². The van der Waals surface area contributed by atoms with Gasteiger partial charge in [-0.15, -0.1) is 0 Å². The molecule has 0 aromatic heterocycles. The van der Waals surface area contributed by atoms with E-state index in [1.807, 2.05) is 0 Å². The van der Waals surface area contributed by atoms with Crippen molar-refractivity contribution >= 4 is 11.8 Å². The van der Waals surface area contributed by atoms with E-state index >= 15 is 0 Å². The molecule has 96 valence electrons. The number of rotatable bonds is 4. The Labute approximate surface area is 103 Å². The quantitative estimate of drug-likeness (QED) is 0.593. The van der Waals surface area contributed by atoms with Crippen LogP contribution in [0, 0.1) is 5.92 Å². The first kappa shape index (κ1) is 13.9. The third-order valence-corrected chi connectivity index (χ3v) is 2.72. The molecule has 0 bridgehead atoms. The minimum atomic E-state index is -0.175. The number of carbonyl (C=O) groups is 2. The molecule has 1 N–H and O–H groups in total. The van der Waals surface area contributed by atoms with Crippen LogP contribution in [0.1, 0.15) is 34.1 Å². The van der Waals surface area contributed by atoms with Gasteiger partial charge in [0.2, 0.25) is 11.8 Å².